The van der Waals surface area contributed by atoms with Gasteiger partial charge in [0.05, 0.1) is 19.6 Å². The molecule has 4 rings (SSSR count). The molecule has 11 heteroatoms. The van der Waals surface area contributed by atoms with E-state index in [1.165, 1.54) is 0 Å². The minimum atomic E-state index is -1.09. The van der Waals surface area contributed by atoms with Crippen molar-refractivity contribution in [2.75, 3.05) is 20.3 Å². The lowest BCUT2D eigenvalue weighted by Crippen LogP contribution is -2.53. The van der Waals surface area contributed by atoms with Crippen LogP contribution in [0.3, 0.4) is 0 Å². The number of aryl methyl sites for hydroxylation is 2. The quantitative estimate of drug-likeness (QED) is 0.202. The number of benzene rings is 2. The number of amides is 3. The largest absolute Gasteiger partial charge is 0.496 e. The first kappa shape index (κ1) is 33.2. The van der Waals surface area contributed by atoms with Gasteiger partial charge < -0.3 is 30.4 Å². The minimum absolute atomic E-state index is 0.00989. The predicted octanol–water partition coefficient (Wildman–Crippen LogP) is 3.30. The van der Waals surface area contributed by atoms with Crippen LogP contribution in [0.25, 0.3) is 10.9 Å². The Balaban J connectivity index is 1.47. The fourth-order valence-corrected chi connectivity index (χ4v) is 5.64. The molecule has 3 atom stereocenters. The average molecular weight is 619 g/mol. The van der Waals surface area contributed by atoms with Gasteiger partial charge in [0.2, 0.25) is 11.8 Å². The van der Waals surface area contributed by atoms with Crippen LogP contribution < -0.4 is 20.7 Å². The number of esters is 1. The van der Waals surface area contributed by atoms with Crippen molar-refractivity contribution in [3.05, 3.63) is 64.8 Å². The number of carbonyl (C=O) groups excluding carboxylic acids is 5. The van der Waals surface area contributed by atoms with Crippen molar-refractivity contribution in [3.63, 3.8) is 0 Å². The van der Waals surface area contributed by atoms with Gasteiger partial charge in [-0.2, -0.15) is 0 Å². The fraction of sp³-hybridized carbons (Fsp3) is 0.441. The van der Waals surface area contributed by atoms with Gasteiger partial charge in [-0.15, -0.1) is 0 Å². The Labute approximate surface area is 262 Å². The number of hydrogen-bond donors (Lipinski definition) is 4. The van der Waals surface area contributed by atoms with Crippen LogP contribution >= 0.6 is 0 Å². The second-order valence-electron chi connectivity index (χ2n) is 12.0. The number of fused-ring (bicyclic) bond motifs is 1. The first-order valence-electron chi connectivity index (χ1n) is 15.2. The number of ketones is 1. The van der Waals surface area contributed by atoms with Gasteiger partial charge in [0, 0.05) is 23.4 Å². The molecule has 3 amide bonds. The van der Waals surface area contributed by atoms with E-state index in [4.69, 9.17) is 9.47 Å². The lowest BCUT2D eigenvalue weighted by Gasteiger charge is -2.25. The van der Waals surface area contributed by atoms with E-state index in [0.29, 0.717) is 30.7 Å². The number of nitrogens with one attached hydrogen (secondary N) is 4. The molecular formula is C34H42N4O7. The number of aromatic amines is 1. The van der Waals surface area contributed by atoms with Gasteiger partial charge in [-0.3, -0.25) is 24.0 Å². The Morgan fingerprint density at radius 3 is 2.36 bits per heavy atom. The number of rotatable bonds is 14. The molecule has 0 radical (unpaired) electrons. The highest BCUT2D eigenvalue weighted by Gasteiger charge is 2.34. The Kier molecular flexibility index (Phi) is 11.0. The SMILES string of the molecule is COc1cccc2[nH]c(C(=O)N[C@@H](CC(C)C)C(=O)N[C@@H](C[C@@H]3CCNC3=O)C(=O)COC(=O)Cc3c(C)cccc3C)cc12. The zero-order valence-corrected chi connectivity index (χ0v) is 26.5. The Morgan fingerprint density at radius 2 is 1.71 bits per heavy atom. The summed E-state index contributed by atoms with van der Waals surface area (Å²) in [5.74, 6) is -2.20. The normalized spacial score (nSPS) is 15.8. The Morgan fingerprint density at radius 1 is 1.00 bits per heavy atom. The summed E-state index contributed by atoms with van der Waals surface area (Å²) in [4.78, 5) is 68.4. The molecule has 0 aliphatic carbocycles. The summed E-state index contributed by atoms with van der Waals surface area (Å²) in [7, 11) is 1.55. The van der Waals surface area contributed by atoms with Crippen molar-refractivity contribution in [1.82, 2.24) is 20.9 Å². The van der Waals surface area contributed by atoms with E-state index in [9.17, 15) is 24.0 Å². The van der Waals surface area contributed by atoms with Gasteiger partial charge in [-0.25, -0.2) is 0 Å². The third-order valence-corrected chi connectivity index (χ3v) is 8.15. The summed E-state index contributed by atoms with van der Waals surface area (Å²) < 4.78 is 10.7. The fourth-order valence-electron chi connectivity index (χ4n) is 5.64. The molecule has 1 saturated heterocycles. The van der Waals surface area contributed by atoms with Crippen LogP contribution in [-0.2, 0) is 30.3 Å². The van der Waals surface area contributed by atoms with E-state index in [-0.39, 0.29) is 30.4 Å². The molecule has 1 aliphatic heterocycles. The predicted molar refractivity (Wildman–Crippen MR) is 169 cm³/mol. The van der Waals surface area contributed by atoms with Crippen LogP contribution in [0.1, 0.15) is 60.3 Å². The topological polar surface area (TPSA) is 156 Å². The minimum Gasteiger partial charge on any atom is -0.496 e. The lowest BCUT2D eigenvalue weighted by atomic mass is 9.95. The number of methoxy groups -OCH3 is 1. The molecular weight excluding hydrogens is 576 g/mol. The number of hydrogen-bond acceptors (Lipinski definition) is 7. The Bertz CT molecular complexity index is 1560. The standard InChI is InChI=1S/C34H42N4O7/c1-19(2)14-27(38-34(43)28-16-24-25(36-28)10-7-11-30(24)44-5)33(42)37-26(15-22-12-13-35-32(22)41)29(39)18-45-31(40)17-23-20(3)8-6-9-21(23)4/h6-11,16,19,22,26-27,36H,12-15,17-18H2,1-5H3,(H,35,41)(H,37,42)(H,38,43)/t22-,26-,27-/m0/s1. The molecule has 0 saturated carbocycles. The van der Waals surface area contributed by atoms with E-state index in [1.807, 2.05) is 52.0 Å². The molecule has 0 unspecified atom stereocenters. The summed E-state index contributed by atoms with van der Waals surface area (Å²) in [6, 6.07) is 10.7. The molecule has 1 aliphatic rings. The molecule has 240 valence electrons. The number of Topliss-reactive ketones (excluding diaryl/α,β-unsaturated/α-hetero) is 1. The van der Waals surface area contributed by atoms with Gasteiger partial charge >= 0.3 is 5.97 Å². The van der Waals surface area contributed by atoms with Crippen LogP contribution in [-0.4, -0.2) is 66.8 Å². The molecule has 11 nitrogen and oxygen atoms in total. The molecule has 0 bridgehead atoms. The van der Waals surface area contributed by atoms with Crippen LogP contribution in [0.2, 0.25) is 0 Å². The van der Waals surface area contributed by atoms with Crippen LogP contribution in [0.15, 0.2) is 42.5 Å². The van der Waals surface area contributed by atoms with Crippen molar-refractivity contribution in [3.8, 4) is 5.75 Å². The van der Waals surface area contributed by atoms with Crippen molar-refractivity contribution < 1.29 is 33.4 Å². The molecule has 1 fully saturated rings. The summed E-state index contributed by atoms with van der Waals surface area (Å²) in [5.41, 5.74) is 3.68. The second-order valence-corrected chi connectivity index (χ2v) is 12.0. The van der Waals surface area contributed by atoms with Crippen LogP contribution in [0, 0.1) is 25.7 Å². The third kappa shape index (κ3) is 8.49. The zero-order valence-electron chi connectivity index (χ0n) is 26.5. The summed E-state index contributed by atoms with van der Waals surface area (Å²) in [6.45, 7) is 7.56. The number of H-pyrrole nitrogens is 1. The Hall–Kier alpha value is -4.67. The van der Waals surface area contributed by atoms with E-state index in [2.05, 4.69) is 20.9 Å². The van der Waals surface area contributed by atoms with Gasteiger partial charge in [0.1, 0.15) is 17.5 Å². The molecule has 1 aromatic heterocycles. The van der Waals surface area contributed by atoms with Gasteiger partial charge in [0.15, 0.2) is 12.4 Å². The molecule has 4 N–H and O–H groups in total. The van der Waals surface area contributed by atoms with E-state index >= 15 is 0 Å². The highest BCUT2D eigenvalue weighted by atomic mass is 16.5. The molecule has 2 heterocycles. The maximum absolute atomic E-state index is 13.6. The maximum atomic E-state index is 13.6. The number of ether oxygens (including phenoxy) is 2. The van der Waals surface area contributed by atoms with Gasteiger partial charge in [-0.05, 0) is 73.9 Å². The van der Waals surface area contributed by atoms with Crippen molar-refractivity contribution in [2.24, 2.45) is 11.8 Å². The molecule has 2 aromatic carbocycles. The monoisotopic (exact) mass is 618 g/mol. The van der Waals surface area contributed by atoms with E-state index < -0.39 is 48.2 Å². The summed E-state index contributed by atoms with van der Waals surface area (Å²) in [6.07, 6.45) is 0.878. The highest BCUT2D eigenvalue weighted by Crippen LogP contribution is 2.26. The van der Waals surface area contributed by atoms with Crippen molar-refractivity contribution >= 4 is 40.4 Å². The lowest BCUT2D eigenvalue weighted by molar-refractivity contribution is -0.148. The van der Waals surface area contributed by atoms with E-state index in [0.717, 1.165) is 22.1 Å². The smallest absolute Gasteiger partial charge is 0.310 e. The first-order valence-corrected chi connectivity index (χ1v) is 15.2. The molecule has 3 aromatic rings. The van der Waals surface area contributed by atoms with Crippen molar-refractivity contribution in [1.29, 1.82) is 0 Å². The number of carbonyl (C=O) groups is 5. The van der Waals surface area contributed by atoms with Crippen molar-refractivity contribution in [2.45, 2.75) is 65.5 Å². The number of aromatic nitrogens is 1. The first-order chi connectivity index (χ1) is 21.5. The molecule has 0 spiro atoms. The van der Waals surface area contributed by atoms with Gasteiger partial charge in [0.25, 0.3) is 5.91 Å². The van der Waals surface area contributed by atoms with Gasteiger partial charge in [-0.1, -0.05) is 38.1 Å². The average Bonchev–Trinajstić information content (AvgIpc) is 3.62. The third-order valence-electron chi connectivity index (χ3n) is 8.15. The zero-order chi connectivity index (χ0) is 32.7. The second kappa shape index (κ2) is 14.9. The highest BCUT2D eigenvalue weighted by molar-refractivity contribution is 6.02. The van der Waals surface area contributed by atoms with E-state index in [1.54, 1.807) is 25.3 Å². The molecule has 45 heavy (non-hydrogen) atoms. The van der Waals surface area contributed by atoms with Crippen LogP contribution in [0.4, 0.5) is 0 Å². The summed E-state index contributed by atoms with van der Waals surface area (Å²) >= 11 is 0. The summed E-state index contributed by atoms with van der Waals surface area (Å²) in [5, 5.41) is 9.03. The van der Waals surface area contributed by atoms with Crippen LogP contribution in [0.5, 0.6) is 5.75 Å². The maximum Gasteiger partial charge on any atom is 0.310 e.